The third-order valence-electron chi connectivity index (χ3n) is 3.14. The minimum Gasteiger partial charge on any atom is -0.310 e. The number of thiophene rings is 1. The molecule has 1 aromatic heterocycles. The van der Waals surface area contributed by atoms with Crippen LogP contribution >= 0.6 is 27.3 Å². The lowest BCUT2D eigenvalue weighted by Crippen LogP contribution is -2.23. The number of aryl methyl sites for hydroxylation is 1. The molecule has 1 nitrogen and oxygen atoms in total. The number of hydrogen-bond acceptors (Lipinski definition) is 2. The van der Waals surface area contributed by atoms with Crippen molar-refractivity contribution in [2.45, 2.75) is 26.3 Å². The van der Waals surface area contributed by atoms with E-state index in [4.69, 9.17) is 0 Å². The summed E-state index contributed by atoms with van der Waals surface area (Å²) in [5.74, 6) is -0.172. The molecule has 0 aliphatic carbocycles. The van der Waals surface area contributed by atoms with E-state index in [1.165, 1.54) is 16.5 Å². The van der Waals surface area contributed by atoms with Gasteiger partial charge in [-0.2, -0.15) is 0 Å². The van der Waals surface area contributed by atoms with Crippen molar-refractivity contribution >= 4 is 27.3 Å². The Morgan fingerprint density at radius 3 is 2.74 bits per heavy atom. The summed E-state index contributed by atoms with van der Waals surface area (Å²) < 4.78 is 14.4. The smallest absolute Gasteiger partial charge is 0.123 e. The molecule has 2 rings (SSSR count). The second-order valence-electron chi connectivity index (χ2n) is 4.51. The maximum Gasteiger partial charge on any atom is 0.123 e. The first kappa shape index (κ1) is 14.7. The van der Waals surface area contributed by atoms with Crippen LogP contribution in [-0.2, 0) is 6.42 Å². The van der Waals surface area contributed by atoms with E-state index in [9.17, 15) is 4.39 Å². The van der Waals surface area contributed by atoms with Crippen molar-refractivity contribution in [3.63, 3.8) is 0 Å². The van der Waals surface area contributed by atoms with Crippen molar-refractivity contribution in [3.8, 4) is 0 Å². The van der Waals surface area contributed by atoms with Crippen LogP contribution in [0.2, 0.25) is 0 Å². The fraction of sp³-hybridized carbons (Fsp3) is 0.333. The van der Waals surface area contributed by atoms with E-state index in [1.807, 2.05) is 13.0 Å². The summed E-state index contributed by atoms with van der Waals surface area (Å²) in [7, 11) is 0. The Morgan fingerprint density at radius 2 is 2.16 bits per heavy atom. The van der Waals surface area contributed by atoms with Crippen LogP contribution in [0.4, 0.5) is 4.39 Å². The van der Waals surface area contributed by atoms with Gasteiger partial charge >= 0.3 is 0 Å². The maximum absolute atomic E-state index is 13.2. The Kier molecular flexibility index (Phi) is 5.13. The second kappa shape index (κ2) is 6.64. The van der Waals surface area contributed by atoms with E-state index < -0.39 is 0 Å². The van der Waals surface area contributed by atoms with Crippen molar-refractivity contribution in [2.24, 2.45) is 0 Å². The number of nitrogens with one attached hydrogen (secondary N) is 1. The van der Waals surface area contributed by atoms with Gasteiger partial charge in [-0.3, -0.25) is 0 Å². The maximum atomic E-state index is 13.2. The van der Waals surface area contributed by atoms with Crippen LogP contribution in [0.25, 0.3) is 0 Å². The Balaban J connectivity index is 2.27. The molecule has 1 heterocycles. The summed E-state index contributed by atoms with van der Waals surface area (Å²) >= 11 is 5.32. The average molecular weight is 342 g/mol. The van der Waals surface area contributed by atoms with E-state index >= 15 is 0 Å². The van der Waals surface area contributed by atoms with Crippen LogP contribution in [0.5, 0.6) is 0 Å². The van der Waals surface area contributed by atoms with Gasteiger partial charge in [0.25, 0.3) is 0 Å². The van der Waals surface area contributed by atoms with Crippen molar-refractivity contribution in [2.75, 3.05) is 6.54 Å². The van der Waals surface area contributed by atoms with Crippen molar-refractivity contribution in [1.29, 1.82) is 0 Å². The summed E-state index contributed by atoms with van der Waals surface area (Å²) in [5, 5.41) is 5.57. The average Bonchev–Trinajstić information content (AvgIpc) is 2.75. The highest BCUT2D eigenvalue weighted by Gasteiger charge is 2.16. The van der Waals surface area contributed by atoms with Gasteiger partial charge in [0.2, 0.25) is 0 Å². The Morgan fingerprint density at radius 1 is 1.37 bits per heavy atom. The first-order valence-electron chi connectivity index (χ1n) is 6.33. The third-order valence-corrected chi connectivity index (χ3v) is 5.09. The lowest BCUT2D eigenvalue weighted by molar-refractivity contribution is 0.547. The molecule has 0 aliphatic heterocycles. The highest BCUT2D eigenvalue weighted by molar-refractivity contribution is 9.10. The molecule has 0 saturated carbocycles. The summed E-state index contributed by atoms with van der Waals surface area (Å²) in [6.07, 6.45) is 0.915. The molecule has 0 spiro atoms. The Hall–Kier alpha value is -0.710. The SMILES string of the molecule is CCNC(Cc1sccc1Br)c1ccc(F)cc1C. The zero-order valence-electron chi connectivity index (χ0n) is 11.0. The molecule has 0 saturated heterocycles. The lowest BCUT2D eigenvalue weighted by Gasteiger charge is -2.20. The monoisotopic (exact) mass is 341 g/mol. The van der Waals surface area contributed by atoms with Crippen LogP contribution in [0, 0.1) is 12.7 Å². The van der Waals surface area contributed by atoms with E-state index in [1.54, 1.807) is 17.4 Å². The van der Waals surface area contributed by atoms with E-state index in [-0.39, 0.29) is 11.9 Å². The van der Waals surface area contributed by atoms with E-state index in [2.05, 4.69) is 39.6 Å². The van der Waals surface area contributed by atoms with Crippen LogP contribution in [0.1, 0.15) is 29.0 Å². The fourth-order valence-electron chi connectivity index (χ4n) is 2.22. The van der Waals surface area contributed by atoms with Crippen LogP contribution < -0.4 is 5.32 Å². The molecule has 19 heavy (non-hydrogen) atoms. The molecule has 102 valence electrons. The van der Waals surface area contributed by atoms with Gasteiger partial charge in [0.1, 0.15) is 5.82 Å². The van der Waals surface area contributed by atoms with Gasteiger partial charge in [-0.15, -0.1) is 11.3 Å². The van der Waals surface area contributed by atoms with Gasteiger partial charge < -0.3 is 5.32 Å². The molecular weight excluding hydrogens is 325 g/mol. The zero-order chi connectivity index (χ0) is 13.8. The molecule has 1 unspecified atom stereocenters. The number of hydrogen-bond donors (Lipinski definition) is 1. The highest BCUT2D eigenvalue weighted by atomic mass is 79.9. The molecule has 1 atom stereocenters. The molecule has 0 fully saturated rings. The molecular formula is C15H17BrFNS. The normalized spacial score (nSPS) is 12.6. The molecule has 2 aromatic rings. The lowest BCUT2D eigenvalue weighted by atomic mass is 9.98. The number of halogens is 2. The van der Waals surface area contributed by atoms with Crippen LogP contribution in [-0.4, -0.2) is 6.54 Å². The Labute approximate surface area is 126 Å². The first-order chi connectivity index (χ1) is 9.11. The van der Waals surface area contributed by atoms with Crippen molar-refractivity contribution in [1.82, 2.24) is 5.32 Å². The zero-order valence-corrected chi connectivity index (χ0v) is 13.4. The molecule has 0 bridgehead atoms. The minimum absolute atomic E-state index is 0.172. The topological polar surface area (TPSA) is 12.0 Å². The standard InChI is InChI=1S/C15H17BrFNS/c1-3-18-14(9-15-13(16)6-7-19-15)12-5-4-11(17)8-10(12)2/h4-8,14,18H,3,9H2,1-2H3. The molecule has 4 heteroatoms. The largest absolute Gasteiger partial charge is 0.310 e. The quantitative estimate of drug-likeness (QED) is 0.819. The van der Waals surface area contributed by atoms with Crippen LogP contribution in [0.3, 0.4) is 0 Å². The molecule has 0 aliphatic rings. The summed E-state index contributed by atoms with van der Waals surface area (Å²) in [5.41, 5.74) is 2.17. The third kappa shape index (κ3) is 3.65. The Bertz CT molecular complexity index is 553. The first-order valence-corrected chi connectivity index (χ1v) is 8.00. The van der Waals surface area contributed by atoms with Gasteiger partial charge in [-0.05, 0) is 64.1 Å². The van der Waals surface area contributed by atoms with E-state index in [0.29, 0.717) is 0 Å². The van der Waals surface area contributed by atoms with Crippen molar-refractivity contribution < 1.29 is 4.39 Å². The summed E-state index contributed by atoms with van der Waals surface area (Å²) in [4.78, 5) is 1.31. The highest BCUT2D eigenvalue weighted by Crippen LogP contribution is 2.29. The molecule has 1 aromatic carbocycles. The predicted molar refractivity (Wildman–Crippen MR) is 83.3 cm³/mol. The number of likely N-dealkylation sites (N-methyl/N-ethyl adjacent to an activating group) is 1. The van der Waals surface area contributed by atoms with Gasteiger partial charge in [-0.1, -0.05) is 13.0 Å². The van der Waals surface area contributed by atoms with Gasteiger partial charge in [0.15, 0.2) is 0 Å². The summed E-state index contributed by atoms with van der Waals surface area (Å²) in [6.45, 7) is 4.95. The summed E-state index contributed by atoms with van der Waals surface area (Å²) in [6, 6.07) is 7.32. The number of benzene rings is 1. The number of rotatable bonds is 5. The van der Waals surface area contributed by atoms with Gasteiger partial charge in [0, 0.05) is 21.8 Å². The molecule has 1 N–H and O–H groups in total. The molecule has 0 amide bonds. The van der Waals surface area contributed by atoms with Gasteiger partial charge in [0.05, 0.1) is 0 Å². The fourth-order valence-corrected chi connectivity index (χ4v) is 3.79. The minimum atomic E-state index is -0.172. The predicted octanol–water partition coefficient (Wildman–Crippen LogP) is 4.85. The second-order valence-corrected chi connectivity index (χ2v) is 6.36. The van der Waals surface area contributed by atoms with E-state index in [0.717, 1.165) is 23.0 Å². The van der Waals surface area contributed by atoms with Gasteiger partial charge in [-0.25, -0.2) is 4.39 Å². The molecule has 0 radical (unpaired) electrons. The van der Waals surface area contributed by atoms with Crippen molar-refractivity contribution in [3.05, 3.63) is 55.9 Å². The van der Waals surface area contributed by atoms with Crippen LogP contribution in [0.15, 0.2) is 34.1 Å².